The minimum absolute atomic E-state index is 0.0856. The van der Waals surface area contributed by atoms with Gasteiger partial charge in [0, 0.05) is 31.7 Å². The summed E-state index contributed by atoms with van der Waals surface area (Å²) in [5, 5.41) is 0. The fraction of sp³-hybridized carbons (Fsp3) is 0.478. The fourth-order valence-corrected chi connectivity index (χ4v) is 4.44. The fourth-order valence-electron chi connectivity index (χ4n) is 4.44. The average Bonchev–Trinajstić information content (AvgIpc) is 3.09. The number of nitrogens with zero attached hydrogens (tertiary/aromatic N) is 2. The van der Waals surface area contributed by atoms with Gasteiger partial charge in [0.05, 0.1) is 12.5 Å². The highest BCUT2D eigenvalue weighted by atomic mass is 16.5. The maximum absolute atomic E-state index is 6.15. The Hall–Kier alpha value is -2.04. The molecule has 1 saturated heterocycles. The number of likely N-dealkylation sites (N-methyl/N-ethyl adjacent to an activating group) is 1. The number of benzene rings is 2. The van der Waals surface area contributed by atoms with Gasteiger partial charge < -0.3 is 19.3 Å². The van der Waals surface area contributed by atoms with E-state index in [0.717, 1.165) is 24.5 Å². The molecule has 2 aliphatic heterocycles. The SMILES string of the molecule is COc1ccc2c(c1)C(CCCN1CCN(C)CC1)(c1ccccc1)CO2. The number of hydrogen-bond donors (Lipinski definition) is 0. The maximum atomic E-state index is 6.15. The zero-order chi connectivity index (χ0) is 18.7. The van der Waals surface area contributed by atoms with E-state index in [-0.39, 0.29) is 5.41 Å². The van der Waals surface area contributed by atoms with Crippen LogP contribution >= 0.6 is 0 Å². The van der Waals surface area contributed by atoms with Crippen molar-refractivity contribution < 1.29 is 9.47 Å². The van der Waals surface area contributed by atoms with Gasteiger partial charge in [-0.2, -0.15) is 0 Å². The largest absolute Gasteiger partial charge is 0.497 e. The van der Waals surface area contributed by atoms with Crippen LogP contribution in [0.5, 0.6) is 11.5 Å². The molecule has 2 aromatic carbocycles. The first-order valence-electron chi connectivity index (χ1n) is 9.99. The summed E-state index contributed by atoms with van der Waals surface area (Å²) < 4.78 is 11.7. The molecule has 144 valence electrons. The summed E-state index contributed by atoms with van der Waals surface area (Å²) in [7, 11) is 3.94. The Morgan fingerprint density at radius 2 is 1.81 bits per heavy atom. The highest BCUT2D eigenvalue weighted by Crippen LogP contribution is 2.47. The molecule has 4 heteroatoms. The van der Waals surface area contributed by atoms with Gasteiger partial charge in [0.2, 0.25) is 0 Å². The third kappa shape index (κ3) is 3.69. The highest BCUT2D eigenvalue weighted by molar-refractivity contribution is 5.53. The van der Waals surface area contributed by atoms with Crippen LogP contribution in [-0.2, 0) is 5.41 Å². The number of piperazine rings is 1. The monoisotopic (exact) mass is 366 g/mol. The number of rotatable bonds is 6. The Labute approximate surface area is 162 Å². The molecule has 1 fully saturated rings. The van der Waals surface area contributed by atoms with E-state index < -0.39 is 0 Å². The Bertz CT molecular complexity index is 756. The molecule has 2 aromatic rings. The van der Waals surface area contributed by atoms with Crippen LogP contribution in [0.4, 0.5) is 0 Å². The van der Waals surface area contributed by atoms with Gasteiger partial charge in [0.1, 0.15) is 18.1 Å². The molecule has 0 N–H and O–H groups in total. The normalized spacial score (nSPS) is 23.0. The van der Waals surface area contributed by atoms with E-state index in [9.17, 15) is 0 Å². The number of fused-ring (bicyclic) bond motifs is 1. The predicted octanol–water partition coefficient (Wildman–Crippen LogP) is 3.40. The molecule has 0 bridgehead atoms. The molecule has 4 nitrogen and oxygen atoms in total. The summed E-state index contributed by atoms with van der Waals surface area (Å²) in [6, 6.07) is 17.1. The van der Waals surface area contributed by atoms with Crippen LogP contribution in [0.15, 0.2) is 48.5 Å². The van der Waals surface area contributed by atoms with E-state index in [1.54, 1.807) is 7.11 Å². The van der Waals surface area contributed by atoms with Crippen molar-refractivity contribution in [2.45, 2.75) is 18.3 Å². The number of hydrogen-bond acceptors (Lipinski definition) is 4. The third-order valence-corrected chi connectivity index (χ3v) is 6.18. The molecule has 0 radical (unpaired) electrons. The van der Waals surface area contributed by atoms with E-state index in [1.165, 1.54) is 43.7 Å². The Morgan fingerprint density at radius 3 is 2.56 bits per heavy atom. The first kappa shape index (κ1) is 18.3. The Balaban J connectivity index is 1.56. The van der Waals surface area contributed by atoms with E-state index >= 15 is 0 Å². The van der Waals surface area contributed by atoms with Crippen molar-refractivity contribution in [3.63, 3.8) is 0 Å². The van der Waals surface area contributed by atoms with Gasteiger partial charge in [-0.05, 0) is 50.2 Å². The number of methoxy groups -OCH3 is 1. The third-order valence-electron chi connectivity index (χ3n) is 6.18. The van der Waals surface area contributed by atoms with Gasteiger partial charge in [-0.1, -0.05) is 30.3 Å². The molecule has 0 saturated carbocycles. The molecule has 1 atom stereocenters. The van der Waals surface area contributed by atoms with Crippen LogP contribution in [0.25, 0.3) is 0 Å². The van der Waals surface area contributed by atoms with Crippen molar-refractivity contribution in [3.05, 3.63) is 59.7 Å². The minimum atomic E-state index is -0.0856. The Morgan fingerprint density at radius 1 is 1.04 bits per heavy atom. The first-order chi connectivity index (χ1) is 13.2. The van der Waals surface area contributed by atoms with E-state index in [2.05, 4.69) is 59.3 Å². The smallest absolute Gasteiger partial charge is 0.123 e. The lowest BCUT2D eigenvalue weighted by molar-refractivity contribution is 0.148. The summed E-state index contributed by atoms with van der Waals surface area (Å²) in [6.07, 6.45) is 2.25. The van der Waals surface area contributed by atoms with Gasteiger partial charge in [-0.15, -0.1) is 0 Å². The van der Waals surface area contributed by atoms with Crippen LogP contribution < -0.4 is 9.47 Å². The highest BCUT2D eigenvalue weighted by Gasteiger charge is 2.42. The van der Waals surface area contributed by atoms with Crippen molar-refractivity contribution in [1.29, 1.82) is 0 Å². The summed E-state index contributed by atoms with van der Waals surface area (Å²) >= 11 is 0. The minimum Gasteiger partial charge on any atom is -0.497 e. The van der Waals surface area contributed by atoms with Gasteiger partial charge in [-0.3, -0.25) is 0 Å². The Kier molecular flexibility index (Phi) is 5.37. The van der Waals surface area contributed by atoms with E-state index in [1.807, 2.05) is 6.07 Å². The molecule has 2 aliphatic rings. The van der Waals surface area contributed by atoms with Crippen molar-refractivity contribution >= 4 is 0 Å². The molecule has 2 heterocycles. The van der Waals surface area contributed by atoms with Crippen molar-refractivity contribution in [2.24, 2.45) is 0 Å². The summed E-state index contributed by atoms with van der Waals surface area (Å²) in [5.41, 5.74) is 2.53. The molecule has 27 heavy (non-hydrogen) atoms. The van der Waals surface area contributed by atoms with Crippen molar-refractivity contribution in [2.75, 3.05) is 53.5 Å². The molecule has 4 rings (SSSR count). The molecule has 0 amide bonds. The second-order valence-electron chi connectivity index (χ2n) is 7.85. The lowest BCUT2D eigenvalue weighted by atomic mass is 9.72. The zero-order valence-corrected chi connectivity index (χ0v) is 16.5. The molecule has 0 spiro atoms. The summed E-state index contributed by atoms with van der Waals surface area (Å²) in [4.78, 5) is 5.01. The lowest BCUT2D eigenvalue weighted by Gasteiger charge is -2.34. The number of ether oxygens (including phenoxy) is 2. The topological polar surface area (TPSA) is 24.9 Å². The zero-order valence-electron chi connectivity index (χ0n) is 16.5. The molecule has 0 aliphatic carbocycles. The molecular formula is C23H30N2O2. The second kappa shape index (κ2) is 7.91. The molecular weight excluding hydrogens is 336 g/mol. The first-order valence-corrected chi connectivity index (χ1v) is 9.99. The van der Waals surface area contributed by atoms with Gasteiger partial charge >= 0.3 is 0 Å². The summed E-state index contributed by atoms with van der Waals surface area (Å²) in [5.74, 6) is 1.90. The van der Waals surface area contributed by atoms with Gasteiger partial charge in [0.25, 0.3) is 0 Å². The van der Waals surface area contributed by atoms with Crippen molar-refractivity contribution in [3.8, 4) is 11.5 Å². The van der Waals surface area contributed by atoms with Gasteiger partial charge in [0.15, 0.2) is 0 Å². The van der Waals surface area contributed by atoms with Crippen LogP contribution in [0, 0.1) is 0 Å². The molecule has 1 unspecified atom stereocenters. The van der Waals surface area contributed by atoms with E-state index in [0.29, 0.717) is 6.61 Å². The van der Waals surface area contributed by atoms with Crippen LogP contribution in [0.3, 0.4) is 0 Å². The van der Waals surface area contributed by atoms with Crippen LogP contribution in [-0.4, -0.2) is 63.3 Å². The van der Waals surface area contributed by atoms with Gasteiger partial charge in [-0.25, -0.2) is 0 Å². The van der Waals surface area contributed by atoms with Crippen molar-refractivity contribution in [1.82, 2.24) is 9.80 Å². The van der Waals surface area contributed by atoms with Crippen LogP contribution in [0.1, 0.15) is 24.0 Å². The maximum Gasteiger partial charge on any atom is 0.123 e. The molecule has 0 aromatic heterocycles. The lowest BCUT2D eigenvalue weighted by Crippen LogP contribution is -2.45. The second-order valence-corrected chi connectivity index (χ2v) is 7.85. The van der Waals surface area contributed by atoms with E-state index in [4.69, 9.17) is 9.47 Å². The quantitative estimate of drug-likeness (QED) is 0.782. The van der Waals surface area contributed by atoms with Crippen LogP contribution in [0.2, 0.25) is 0 Å². The average molecular weight is 367 g/mol. The standard InChI is InChI=1S/C23H30N2O2/c1-24-13-15-25(16-14-24)12-6-11-23(19-7-4-3-5-8-19)18-27-22-10-9-20(26-2)17-21(22)23/h3-5,7-10,17H,6,11-16,18H2,1-2H3. The summed E-state index contributed by atoms with van der Waals surface area (Å²) in [6.45, 7) is 6.56. The predicted molar refractivity (Wildman–Crippen MR) is 109 cm³/mol.